The lowest BCUT2D eigenvalue weighted by atomic mass is 10.1. The molecule has 2 aliphatic rings. The standard InChI is InChI=1S/C11H9BrClN3O/c12-8-2-10-7(1-9(8)13)11-15-6(4-17)3-16(11)5-14-10/h1-2,5-6,17H,3-4H2. The minimum absolute atomic E-state index is 0.0490. The van der Waals surface area contributed by atoms with Gasteiger partial charge < -0.3 is 10.0 Å². The van der Waals surface area contributed by atoms with Gasteiger partial charge in [-0.1, -0.05) is 11.6 Å². The predicted octanol–water partition coefficient (Wildman–Crippen LogP) is 2.20. The molecule has 1 aromatic rings. The Labute approximate surface area is 112 Å². The Hall–Kier alpha value is -0.910. The van der Waals surface area contributed by atoms with E-state index in [2.05, 4.69) is 25.9 Å². The smallest absolute Gasteiger partial charge is 0.138 e. The molecule has 1 aromatic carbocycles. The van der Waals surface area contributed by atoms with Gasteiger partial charge in [0.25, 0.3) is 0 Å². The fourth-order valence-corrected chi connectivity index (χ4v) is 2.48. The van der Waals surface area contributed by atoms with Crippen LogP contribution < -0.4 is 0 Å². The number of aliphatic hydroxyl groups excluding tert-OH is 1. The molecule has 3 rings (SSSR count). The van der Waals surface area contributed by atoms with Crippen molar-refractivity contribution in [2.24, 2.45) is 9.98 Å². The molecule has 17 heavy (non-hydrogen) atoms. The first-order valence-corrected chi connectivity index (χ1v) is 6.35. The molecule has 0 saturated heterocycles. The average Bonchev–Trinajstić information content (AvgIpc) is 2.74. The van der Waals surface area contributed by atoms with E-state index < -0.39 is 0 Å². The summed E-state index contributed by atoms with van der Waals surface area (Å²) in [6.45, 7) is 0.718. The van der Waals surface area contributed by atoms with Crippen LogP contribution in [0.4, 0.5) is 5.69 Å². The zero-order valence-electron chi connectivity index (χ0n) is 8.77. The fraction of sp³-hybridized carbons (Fsp3) is 0.273. The summed E-state index contributed by atoms with van der Waals surface area (Å²) in [4.78, 5) is 10.8. The molecule has 1 unspecified atom stereocenters. The van der Waals surface area contributed by atoms with Gasteiger partial charge in [-0.2, -0.15) is 0 Å². The summed E-state index contributed by atoms with van der Waals surface area (Å²) in [6.07, 6.45) is 1.75. The third-order valence-electron chi connectivity index (χ3n) is 2.81. The molecule has 1 atom stereocenters. The van der Waals surface area contributed by atoms with Crippen molar-refractivity contribution in [3.63, 3.8) is 0 Å². The first-order valence-electron chi connectivity index (χ1n) is 5.18. The van der Waals surface area contributed by atoms with Crippen molar-refractivity contribution in [2.45, 2.75) is 6.04 Å². The second-order valence-electron chi connectivity index (χ2n) is 3.97. The van der Waals surface area contributed by atoms with E-state index >= 15 is 0 Å². The van der Waals surface area contributed by atoms with E-state index in [1.54, 1.807) is 6.34 Å². The lowest BCUT2D eigenvalue weighted by Crippen LogP contribution is -2.31. The Morgan fingerprint density at radius 1 is 1.53 bits per heavy atom. The van der Waals surface area contributed by atoms with Gasteiger partial charge in [-0.05, 0) is 28.1 Å². The number of nitrogens with zero attached hydrogens (tertiary/aromatic N) is 3. The molecule has 88 valence electrons. The Bertz CT molecular complexity index is 544. The predicted molar refractivity (Wildman–Crippen MR) is 71.4 cm³/mol. The van der Waals surface area contributed by atoms with Crippen LogP contribution in [0.25, 0.3) is 0 Å². The third-order valence-corrected chi connectivity index (χ3v) is 4.01. The highest BCUT2D eigenvalue weighted by molar-refractivity contribution is 9.10. The first-order chi connectivity index (χ1) is 8.19. The SMILES string of the molecule is OCC1CN2C=Nc3cc(Br)c(Cl)cc3C2=N1. The molecule has 6 heteroatoms. The first kappa shape index (κ1) is 11.2. The van der Waals surface area contributed by atoms with Crippen LogP contribution >= 0.6 is 27.5 Å². The highest BCUT2D eigenvalue weighted by atomic mass is 79.9. The summed E-state index contributed by atoms with van der Waals surface area (Å²) in [5.41, 5.74) is 1.76. The van der Waals surface area contributed by atoms with Gasteiger partial charge in [0, 0.05) is 10.0 Å². The number of hydrogen-bond donors (Lipinski definition) is 1. The largest absolute Gasteiger partial charge is 0.394 e. The molecule has 0 spiro atoms. The molecule has 0 aromatic heterocycles. The number of rotatable bonds is 1. The summed E-state index contributed by atoms with van der Waals surface area (Å²) < 4.78 is 0.820. The van der Waals surface area contributed by atoms with Crippen LogP contribution in [0.2, 0.25) is 5.02 Å². The van der Waals surface area contributed by atoms with Crippen molar-refractivity contribution in [3.05, 3.63) is 27.2 Å². The average molecular weight is 315 g/mol. The van der Waals surface area contributed by atoms with E-state index in [4.69, 9.17) is 16.7 Å². The molecule has 2 heterocycles. The molecule has 0 radical (unpaired) electrons. The van der Waals surface area contributed by atoms with Crippen LogP contribution in [0, 0.1) is 0 Å². The van der Waals surface area contributed by atoms with Gasteiger partial charge >= 0.3 is 0 Å². The molecular weight excluding hydrogens is 305 g/mol. The van der Waals surface area contributed by atoms with Crippen LogP contribution in [-0.2, 0) is 0 Å². The number of benzene rings is 1. The minimum Gasteiger partial charge on any atom is -0.394 e. The van der Waals surface area contributed by atoms with Crippen molar-refractivity contribution < 1.29 is 5.11 Å². The highest BCUT2D eigenvalue weighted by Gasteiger charge is 2.29. The maximum Gasteiger partial charge on any atom is 0.138 e. The molecule has 1 N–H and O–H groups in total. The number of hydrogen-bond acceptors (Lipinski definition) is 4. The summed E-state index contributed by atoms with van der Waals surface area (Å²) in [5.74, 6) is 0.837. The lowest BCUT2D eigenvalue weighted by Gasteiger charge is -2.21. The molecule has 2 aliphatic heterocycles. The van der Waals surface area contributed by atoms with Crippen molar-refractivity contribution in [1.82, 2.24) is 4.90 Å². The van der Waals surface area contributed by atoms with E-state index in [9.17, 15) is 0 Å². The quantitative estimate of drug-likeness (QED) is 0.864. The molecule has 0 amide bonds. The number of aliphatic hydroxyl groups is 1. The Kier molecular flexibility index (Phi) is 2.69. The molecule has 0 bridgehead atoms. The monoisotopic (exact) mass is 313 g/mol. The maximum atomic E-state index is 9.15. The zero-order valence-corrected chi connectivity index (χ0v) is 11.1. The van der Waals surface area contributed by atoms with Gasteiger partial charge in [-0.3, -0.25) is 4.99 Å². The molecule has 0 saturated carbocycles. The normalized spacial score (nSPS) is 21.2. The van der Waals surface area contributed by atoms with Gasteiger partial charge in [-0.15, -0.1) is 0 Å². The molecular formula is C11H9BrClN3O. The third kappa shape index (κ3) is 1.78. The van der Waals surface area contributed by atoms with Crippen molar-refractivity contribution in [1.29, 1.82) is 0 Å². The fourth-order valence-electron chi connectivity index (χ4n) is 1.98. The minimum atomic E-state index is -0.0789. The summed E-state index contributed by atoms with van der Waals surface area (Å²) in [6, 6.07) is 3.65. The summed E-state index contributed by atoms with van der Waals surface area (Å²) in [5, 5.41) is 9.78. The van der Waals surface area contributed by atoms with E-state index in [-0.39, 0.29) is 12.6 Å². The van der Waals surface area contributed by atoms with Crippen LogP contribution in [0.5, 0.6) is 0 Å². The van der Waals surface area contributed by atoms with Crippen LogP contribution in [0.3, 0.4) is 0 Å². The summed E-state index contributed by atoms with van der Waals surface area (Å²) >= 11 is 9.46. The number of halogens is 2. The van der Waals surface area contributed by atoms with Crippen LogP contribution in [0.15, 0.2) is 26.6 Å². The van der Waals surface area contributed by atoms with E-state index in [1.165, 1.54) is 0 Å². The van der Waals surface area contributed by atoms with E-state index in [0.29, 0.717) is 11.6 Å². The summed E-state index contributed by atoms with van der Waals surface area (Å²) in [7, 11) is 0. The van der Waals surface area contributed by atoms with Gasteiger partial charge in [0.15, 0.2) is 0 Å². The van der Waals surface area contributed by atoms with Gasteiger partial charge in [0.1, 0.15) is 5.84 Å². The zero-order chi connectivity index (χ0) is 12.0. The van der Waals surface area contributed by atoms with Gasteiger partial charge in [0.2, 0.25) is 0 Å². The van der Waals surface area contributed by atoms with Crippen LogP contribution in [0.1, 0.15) is 5.56 Å². The molecule has 0 fully saturated rings. The van der Waals surface area contributed by atoms with Crippen molar-refractivity contribution in [3.8, 4) is 0 Å². The second-order valence-corrected chi connectivity index (χ2v) is 5.23. The molecule has 4 nitrogen and oxygen atoms in total. The maximum absolute atomic E-state index is 9.15. The number of aliphatic imine (C=N–C) groups is 2. The van der Waals surface area contributed by atoms with Crippen molar-refractivity contribution >= 4 is 45.4 Å². The lowest BCUT2D eigenvalue weighted by molar-refractivity contribution is 0.265. The topological polar surface area (TPSA) is 48.2 Å². The number of amidine groups is 1. The second kappa shape index (κ2) is 4.08. The number of fused-ring (bicyclic) bond motifs is 3. The Morgan fingerprint density at radius 2 is 2.35 bits per heavy atom. The van der Waals surface area contributed by atoms with E-state index in [1.807, 2.05) is 17.0 Å². The van der Waals surface area contributed by atoms with Crippen molar-refractivity contribution in [2.75, 3.05) is 13.2 Å². The highest BCUT2D eigenvalue weighted by Crippen LogP contribution is 2.34. The Morgan fingerprint density at radius 3 is 3.12 bits per heavy atom. The molecule has 0 aliphatic carbocycles. The van der Waals surface area contributed by atoms with Gasteiger partial charge in [0.05, 0.1) is 36.2 Å². The van der Waals surface area contributed by atoms with Crippen LogP contribution in [-0.4, -0.2) is 41.4 Å². The van der Waals surface area contributed by atoms with Gasteiger partial charge in [-0.25, -0.2) is 4.99 Å². The Balaban J connectivity index is 2.13. The van der Waals surface area contributed by atoms with E-state index in [0.717, 1.165) is 21.6 Å².